The van der Waals surface area contributed by atoms with E-state index >= 15 is 0 Å². The minimum absolute atomic E-state index is 0.0781. The number of piperazine rings is 1. The molecule has 5 rings (SSSR count). The van der Waals surface area contributed by atoms with Gasteiger partial charge in [0.2, 0.25) is 5.88 Å². The van der Waals surface area contributed by atoms with Crippen molar-refractivity contribution in [3.05, 3.63) is 82.1 Å². The Morgan fingerprint density at radius 3 is 2.33 bits per heavy atom. The van der Waals surface area contributed by atoms with Gasteiger partial charge in [0, 0.05) is 56.7 Å². The Kier molecular flexibility index (Phi) is 8.52. The minimum atomic E-state index is -0.555. The average molecular weight is 611 g/mol. The summed E-state index contributed by atoms with van der Waals surface area (Å²) in [6.07, 6.45) is 1.35. The van der Waals surface area contributed by atoms with Crippen molar-refractivity contribution >= 4 is 51.8 Å². The summed E-state index contributed by atoms with van der Waals surface area (Å²) in [6, 6.07) is 16.7. The summed E-state index contributed by atoms with van der Waals surface area (Å²) in [6.45, 7) is 7.84. The first-order valence-electron chi connectivity index (χ1n) is 13.7. The number of nitrogens with one attached hydrogen (secondary N) is 1. The molecule has 2 amide bonds. The number of halogens is 2. The van der Waals surface area contributed by atoms with Gasteiger partial charge >= 0.3 is 6.09 Å². The number of anilines is 1. The van der Waals surface area contributed by atoms with Crippen molar-refractivity contribution in [2.24, 2.45) is 7.05 Å². The first-order valence-corrected chi connectivity index (χ1v) is 14.4. The zero-order valence-electron chi connectivity index (χ0n) is 24.0. The van der Waals surface area contributed by atoms with E-state index in [1.807, 2.05) is 74.9 Å². The second-order valence-corrected chi connectivity index (χ2v) is 12.0. The maximum atomic E-state index is 13.4. The molecule has 0 radical (unpaired) electrons. The number of rotatable bonds is 6. The van der Waals surface area contributed by atoms with E-state index in [0.717, 1.165) is 22.2 Å². The molecule has 220 valence electrons. The van der Waals surface area contributed by atoms with Crippen molar-refractivity contribution in [2.75, 3.05) is 31.5 Å². The molecule has 11 heteroatoms. The maximum absolute atomic E-state index is 13.4. The third kappa shape index (κ3) is 6.91. The van der Waals surface area contributed by atoms with Crippen LogP contribution in [0.25, 0.3) is 10.9 Å². The Balaban J connectivity index is 1.20. The van der Waals surface area contributed by atoms with Crippen LogP contribution in [0.2, 0.25) is 10.0 Å². The monoisotopic (exact) mass is 609 g/mol. The molecule has 1 saturated heterocycles. The van der Waals surface area contributed by atoms with Crippen LogP contribution in [0.1, 0.15) is 36.8 Å². The molecule has 3 heterocycles. The number of aryl methyl sites for hydroxylation is 1. The van der Waals surface area contributed by atoms with Gasteiger partial charge < -0.3 is 29.2 Å². The normalized spacial score (nSPS) is 13.8. The number of carbonyl (C=O) groups excluding carboxylic acids is 2. The Labute approximate surface area is 254 Å². The fourth-order valence-electron chi connectivity index (χ4n) is 4.70. The number of amides is 2. The lowest BCUT2D eigenvalue weighted by Crippen LogP contribution is -2.51. The Morgan fingerprint density at radius 1 is 0.929 bits per heavy atom. The molecule has 0 unspecified atom stereocenters. The van der Waals surface area contributed by atoms with E-state index in [1.165, 1.54) is 0 Å². The molecule has 0 saturated carbocycles. The zero-order chi connectivity index (χ0) is 30.0. The number of benzene rings is 2. The van der Waals surface area contributed by atoms with Crippen molar-refractivity contribution in [2.45, 2.75) is 32.9 Å². The predicted octanol–water partition coefficient (Wildman–Crippen LogP) is 6.98. The summed E-state index contributed by atoms with van der Waals surface area (Å²) in [5.41, 5.74) is 2.76. The molecule has 0 atom stereocenters. The number of nitrogens with zero attached hydrogens (tertiary/aromatic N) is 4. The largest absolute Gasteiger partial charge is 0.444 e. The van der Waals surface area contributed by atoms with E-state index in [4.69, 9.17) is 32.7 Å². The number of fused-ring (bicyclic) bond motifs is 1. The topological polar surface area (TPSA) is 88.9 Å². The van der Waals surface area contributed by atoms with E-state index in [0.29, 0.717) is 60.1 Å². The molecule has 0 aliphatic carbocycles. The highest BCUT2D eigenvalue weighted by Crippen LogP contribution is 2.28. The first kappa shape index (κ1) is 29.5. The number of ether oxygens (including phenoxy) is 2. The van der Waals surface area contributed by atoms with Crippen LogP contribution in [0.3, 0.4) is 0 Å². The molecule has 1 aliphatic heterocycles. The second kappa shape index (κ2) is 12.1. The van der Waals surface area contributed by atoms with Gasteiger partial charge in [0.25, 0.3) is 5.91 Å². The highest BCUT2D eigenvalue weighted by atomic mass is 35.5. The smallest absolute Gasteiger partial charge is 0.410 e. The van der Waals surface area contributed by atoms with Gasteiger partial charge in [-0.05, 0) is 68.8 Å². The summed E-state index contributed by atoms with van der Waals surface area (Å²) in [5.74, 6) is 0.984. The first-order chi connectivity index (χ1) is 20.0. The summed E-state index contributed by atoms with van der Waals surface area (Å²) in [4.78, 5) is 33.6. The quantitative estimate of drug-likeness (QED) is 0.254. The van der Waals surface area contributed by atoms with E-state index < -0.39 is 5.60 Å². The van der Waals surface area contributed by atoms with Crippen LogP contribution in [0.15, 0.2) is 60.8 Å². The molecular formula is C31H33Cl2N5O4. The molecule has 0 bridgehead atoms. The molecule has 0 spiro atoms. The molecule has 2 aromatic heterocycles. The van der Waals surface area contributed by atoms with Crippen LogP contribution in [-0.4, -0.2) is 63.1 Å². The number of hydrogen-bond donors (Lipinski definition) is 1. The van der Waals surface area contributed by atoms with Gasteiger partial charge in [-0.15, -0.1) is 0 Å². The van der Waals surface area contributed by atoms with E-state index in [-0.39, 0.29) is 12.0 Å². The van der Waals surface area contributed by atoms with Gasteiger partial charge in [0.05, 0.1) is 21.9 Å². The molecule has 1 N–H and O–H groups in total. The number of carbonyl (C=O) groups is 2. The second-order valence-electron chi connectivity index (χ2n) is 11.2. The summed E-state index contributed by atoms with van der Waals surface area (Å²) < 4.78 is 13.3. The predicted molar refractivity (Wildman–Crippen MR) is 165 cm³/mol. The lowest BCUT2D eigenvalue weighted by molar-refractivity contribution is 0.0139. The summed E-state index contributed by atoms with van der Waals surface area (Å²) in [5, 5.41) is 5.22. The molecular weight excluding hydrogens is 577 g/mol. The van der Waals surface area contributed by atoms with Crippen molar-refractivity contribution in [1.29, 1.82) is 0 Å². The summed E-state index contributed by atoms with van der Waals surface area (Å²) in [7, 11) is 1.87. The van der Waals surface area contributed by atoms with Crippen molar-refractivity contribution < 1.29 is 19.1 Å². The number of pyridine rings is 1. The summed E-state index contributed by atoms with van der Waals surface area (Å²) >= 11 is 12.1. The maximum Gasteiger partial charge on any atom is 0.410 e. The van der Waals surface area contributed by atoms with E-state index in [9.17, 15) is 9.59 Å². The molecule has 1 aliphatic rings. The Bertz CT molecular complexity index is 1610. The minimum Gasteiger partial charge on any atom is -0.444 e. The van der Waals surface area contributed by atoms with Crippen molar-refractivity contribution in [1.82, 2.24) is 19.4 Å². The van der Waals surface area contributed by atoms with Gasteiger partial charge in [0.15, 0.2) is 0 Å². The molecule has 42 heavy (non-hydrogen) atoms. The average Bonchev–Trinajstić information content (AvgIpc) is 3.28. The molecule has 1 fully saturated rings. The fourth-order valence-corrected chi connectivity index (χ4v) is 5.02. The Morgan fingerprint density at radius 2 is 1.67 bits per heavy atom. The van der Waals surface area contributed by atoms with Gasteiger partial charge in [-0.3, -0.25) is 4.79 Å². The molecule has 2 aromatic carbocycles. The number of hydrogen-bond acceptors (Lipinski definition) is 6. The SMILES string of the molecule is Cn1c(C(=O)N2CCN(C(=O)OC(C)(C)C)CC2)cc2cc(Oc3ccc(NCc4ccc(Cl)c(Cl)c4)cn3)ccc21. The lowest BCUT2D eigenvalue weighted by Gasteiger charge is -2.35. The van der Waals surface area contributed by atoms with Crippen molar-refractivity contribution in [3.8, 4) is 11.6 Å². The van der Waals surface area contributed by atoms with E-state index in [1.54, 1.807) is 28.1 Å². The van der Waals surface area contributed by atoms with Crippen LogP contribution in [0, 0.1) is 0 Å². The van der Waals surface area contributed by atoms with E-state index in [2.05, 4.69) is 10.3 Å². The van der Waals surface area contributed by atoms with Crippen LogP contribution >= 0.6 is 23.2 Å². The van der Waals surface area contributed by atoms with Gasteiger partial charge in [-0.1, -0.05) is 29.3 Å². The van der Waals surface area contributed by atoms with Crippen molar-refractivity contribution in [3.63, 3.8) is 0 Å². The van der Waals surface area contributed by atoms with Crippen LogP contribution in [-0.2, 0) is 18.3 Å². The third-order valence-electron chi connectivity index (χ3n) is 6.89. The van der Waals surface area contributed by atoms with Crippen LogP contribution in [0.4, 0.5) is 10.5 Å². The lowest BCUT2D eigenvalue weighted by atomic mass is 10.2. The molecule has 4 aromatic rings. The van der Waals surface area contributed by atoms with Crippen LogP contribution < -0.4 is 10.1 Å². The highest BCUT2D eigenvalue weighted by Gasteiger charge is 2.29. The van der Waals surface area contributed by atoms with Crippen LogP contribution in [0.5, 0.6) is 11.6 Å². The fraction of sp³-hybridized carbons (Fsp3) is 0.323. The standard InChI is InChI=1S/C31H33Cl2N5O4/c1-31(2,3)42-30(40)38-13-11-37(12-14-38)29(39)27-17-21-16-23(7-9-26(21)36(27)4)41-28-10-6-22(19-35-28)34-18-20-5-8-24(32)25(33)15-20/h5-10,15-17,19,34H,11-14,18H2,1-4H3. The zero-order valence-corrected chi connectivity index (χ0v) is 25.5. The van der Waals surface area contributed by atoms with Gasteiger partial charge in [-0.25, -0.2) is 9.78 Å². The van der Waals surface area contributed by atoms with Gasteiger partial charge in [-0.2, -0.15) is 0 Å². The third-order valence-corrected chi connectivity index (χ3v) is 7.63. The molecule has 9 nitrogen and oxygen atoms in total. The Hall–Kier alpha value is -3.95. The van der Waals surface area contributed by atoms with Gasteiger partial charge in [0.1, 0.15) is 17.0 Å². The highest BCUT2D eigenvalue weighted by molar-refractivity contribution is 6.42. The number of aromatic nitrogens is 2.